The summed E-state index contributed by atoms with van der Waals surface area (Å²) in [6.45, 7) is 0.813. The van der Waals surface area contributed by atoms with Gasteiger partial charge in [0.2, 0.25) is 5.91 Å². The molecule has 204 valence electrons. The number of ether oxygens (including phenoxy) is 2. The zero-order chi connectivity index (χ0) is 26.8. The summed E-state index contributed by atoms with van der Waals surface area (Å²) in [5.74, 6) is -4.33. The molecule has 2 saturated carbocycles. The summed E-state index contributed by atoms with van der Waals surface area (Å²) in [6, 6.07) is 4.13. The van der Waals surface area contributed by atoms with Crippen molar-refractivity contribution in [2.45, 2.75) is 76.1 Å². The molecule has 2 atom stereocenters. The SMILES string of the molecule is COC1CCN(CC(=O)Nc2cc(CC3(C(=O)OC(=O)C(F)(F)F)CC3)ccc2F)C(C2CCCC2)C1. The number of hydrogen-bond donors (Lipinski definition) is 1. The van der Waals surface area contributed by atoms with Crippen molar-refractivity contribution >= 4 is 23.5 Å². The number of likely N-dealkylation sites (tertiary alicyclic amines) is 1. The van der Waals surface area contributed by atoms with Crippen LogP contribution in [0.5, 0.6) is 0 Å². The molecule has 1 heterocycles. The Kier molecular flexibility index (Phi) is 8.23. The molecule has 1 aliphatic heterocycles. The maximum absolute atomic E-state index is 14.5. The van der Waals surface area contributed by atoms with E-state index >= 15 is 0 Å². The first-order valence-corrected chi connectivity index (χ1v) is 12.7. The van der Waals surface area contributed by atoms with Crippen molar-refractivity contribution in [2.75, 3.05) is 25.5 Å². The number of benzene rings is 1. The van der Waals surface area contributed by atoms with Crippen LogP contribution in [-0.4, -0.2) is 61.3 Å². The molecule has 3 aliphatic rings. The minimum Gasteiger partial charge on any atom is -0.386 e. The van der Waals surface area contributed by atoms with Crippen molar-refractivity contribution in [1.82, 2.24) is 4.90 Å². The van der Waals surface area contributed by atoms with Crippen LogP contribution < -0.4 is 5.32 Å². The highest BCUT2D eigenvalue weighted by Gasteiger charge is 2.54. The number of hydrogen-bond acceptors (Lipinski definition) is 6. The molecule has 0 radical (unpaired) electrons. The highest BCUT2D eigenvalue weighted by molar-refractivity contribution is 5.93. The molecule has 0 spiro atoms. The number of piperidine rings is 1. The molecule has 1 saturated heterocycles. The molecule has 11 heteroatoms. The second-order valence-corrected chi connectivity index (χ2v) is 10.5. The van der Waals surface area contributed by atoms with Crippen molar-refractivity contribution in [3.8, 4) is 0 Å². The van der Waals surface area contributed by atoms with E-state index in [1.807, 2.05) is 0 Å². The molecule has 2 unspecified atom stereocenters. The van der Waals surface area contributed by atoms with Gasteiger partial charge in [-0.05, 0) is 68.6 Å². The van der Waals surface area contributed by atoms with E-state index in [9.17, 15) is 31.9 Å². The summed E-state index contributed by atoms with van der Waals surface area (Å²) < 4.78 is 61.5. The number of carbonyl (C=O) groups is 3. The monoisotopic (exact) mass is 528 g/mol. The molecule has 0 aromatic heterocycles. The molecule has 0 bridgehead atoms. The van der Waals surface area contributed by atoms with Crippen LogP contribution in [0.25, 0.3) is 0 Å². The lowest BCUT2D eigenvalue weighted by molar-refractivity contribution is -0.203. The number of amides is 1. The predicted octanol–water partition coefficient (Wildman–Crippen LogP) is 4.39. The number of nitrogens with one attached hydrogen (secondary N) is 1. The normalized spacial score (nSPS) is 24.0. The van der Waals surface area contributed by atoms with Crippen molar-refractivity contribution in [1.29, 1.82) is 0 Å². The number of halogens is 4. The fraction of sp³-hybridized carbons (Fsp3) is 0.654. The maximum atomic E-state index is 14.5. The molecule has 4 rings (SSSR count). The van der Waals surface area contributed by atoms with Gasteiger partial charge >= 0.3 is 18.1 Å². The lowest BCUT2D eigenvalue weighted by Gasteiger charge is -2.41. The van der Waals surface area contributed by atoms with Crippen LogP contribution in [-0.2, 0) is 30.3 Å². The Labute approximate surface area is 212 Å². The van der Waals surface area contributed by atoms with Gasteiger partial charge in [0, 0.05) is 19.7 Å². The Morgan fingerprint density at radius 1 is 1.14 bits per heavy atom. The van der Waals surface area contributed by atoms with E-state index in [4.69, 9.17) is 4.74 Å². The lowest BCUT2D eigenvalue weighted by atomic mass is 9.87. The average molecular weight is 529 g/mol. The minimum absolute atomic E-state index is 0.0333. The first-order chi connectivity index (χ1) is 17.5. The second-order valence-electron chi connectivity index (χ2n) is 10.5. The Balaban J connectivity index is 1.39. The van der Waals surface area contributed by atoms with Crippen LogP contribution in [0.2, 0.25) is 0 Å². The average Bonchev–Trinajstić information content (AvgIpc) is 3.42. The molecule has 37 heavy (non-hydrogen) atoms. The summed E-state index contributed by atoms with van der Waals surface area (Å²) in [6.07, 6.45) is 1.61. The Bertz CT molecular complexity index is 1020. The largest absolute Gasteiger partial charge is 0.491 e. The number of rotatable bonds is 8. The van der Waals surface area contributed by atoms with Crippen LogP contribution in [0.4, 0.5) is 23.2 Å². The highest BCUT2D eigenvalue weighted by Crippen LogP contribution is 2.50. The molecule has 2 aliphatic carbocycles. The van der Waals surface area contributed by atoms with Gasteiger partial charge in [-0.2, -0.15) is 13.2 Å². The number of anilines is 1. The van der Waals surface area contributed by atoms with E-state index in [-0.39, 0.29) is 49.5 Å². The molecular formula is C26H32F4N2O5. The van der Waals surface area contributed by atoms with Crippen LogP contribution in [0, 0.1) is 17.2 Å². The second kappa shape index (κ2) is 11.1. The number of methoxy groups -OCH3 is 1. The topological polar surface area (TPSA) is 84.9 Å². The summed E-state index contributed by atoms with van der Waals surface area (Å²) >= 11 is 0. The van der Waals surface area contributed by atoms with Gasteiger partial charge in [0.15, 0.2) is 0 Å². The molecular weight excluding hydrogens is 496 g/mol. The molecule has 1 aromatic carbocycles. The minimum atomic E-state index is -5.27. The van der Waals surface area contributed by atoms with E-state index in [0.717, 1.165) is 31.7 Å². The molecule has 7 nitrogen and oxygen atoms in total. The summed E-state index contributed by atoms with van der Waals surface area (Å²) in [5.41, 5.74) is -0.891. The fourth-order valence-corrected chi connectivity index (χ4v) is 5.65. The van der Waals surface area contributed by atoms with Gasteiger partial charge in [-0.25, -0.2) is 9.18 Å². The first-order valence-electron chi connectivity index (χ1n) is 12.7. The smallest absolute Gasteiger partial charge is 0.386 e. The van der Waals surface area contributed by atoms with Crippen LogP contribution in [0.1, 0.15) is 56.9 Å². The fourth-order valence-electron chi connectivity index (χ4n) is 5.65. The molecule has 3 fully saturated rings. The van der Waals surface area contributed by atoms with Gasteiger partial charge in [-0.1, -0.05) is 18.9 Å². The van der Waals surface area contributed by atoms with Gasteiger partial charge in [-0.15, -0.1) is 0 Å². The summed E-state index contributed by atoms with van der Waals surface area (Å²) in [7, 11) is 1.70. The number of nitrogens with zero attached hydrogens (tertiary/aromatic N) is 1. The molecule has 1 amide bonds. The molecule has 1 N–H and O–H groups in total. The Hall–Kier alpha value is -2.53. The van der Waals surface area contributed by atoms with Gasteiger partial charge in [0.25, 0.3) is 0 Å². The Morgan fingerprint density at radius 3 is 2.46 bits per heavy atom. The van der Waals surface area contributed by atoms with Crippen molar-refractivity contribution in [3.05, 3.63) is 29.6 Å². The zero-order valence-corrected chi connectivity index (χ0v) is 20.7. The molecule has 1 aromatic rings. The maximum Gasteiger partial charge on any atom is 0.491 e. The highest BCUT2D eigenvalue weighted by atomic mass is 19.4. The lowest BCUT2D eigenvalue weighted by Crippen LogP contribution is -2.50. The van der Waals surface area contributed by atoms with E-state index in [1.165, 1.54) is 25.0 Å². The van der Waals surface area contributed by atoms with Gasteiger partial charge < -0.3 is 14.8 Å². The van der Waals surface area contributed by atoms with Crippen LogP contribution >= 0.6 is 0 Å². The number of esters is 2. The standard InChI is InChI=1S/C26H32F4N2O5/c1-36-18-8-11-32(21(13-18)17-4-2-3-5-17)15-22(33)31-20-12-16(6-7-19(20)27)14-25(9-10-25)23(34)37-24(35)26(28,29)30/h6-7,12,17-18,21H,2-5,8-11,13-15H2,1H3,(H,31,33). The number of carbonyl (C=O) groups excluding carboxylic acids is 3. The first kappa shape index (κ1) is 27.5. The Morgan fingerprint density at radius 2 is 1.84 bits per heavy atom. The van der Waals surface area contributed by atoms with Gasteiger partial charge in [0.05, 0.1) is 23.8 Å². The summed E-state index contributed by atoms with van der Waals surface area (Å²) in [4.78, 5) is 38.3. The van der Waals surface area contributed by atoms with Crippen molar-refractivity contribution in [2.24, 2.45) is 11.3 Å². The third kappa shape index (κ3) is 6.67. The van der Waals surface area contributed by atoms with Crippen LogP contribution in [0.3, 0.4) is 0 Å². The van der Waals surface area contributed by atoms with Crippen LogP contribution in [0.15, 0.2) is 18.2 Å². The third-order valence-corrected chi connectivity index (χ3v) is 7.89. The van der Waals surface area contributed by atoms with Crippen molar-refractivity contribution < 1.29 is 41.4 Å². The predicted molar refractivity (Wildman–Crippen MR) is 125 cm³/mol. The van der Waals surface area contributed by atoms with E-state index in [2.05, 4.69) is 15.0 Å². The van der Waals surface area contributed by atoms with E-state index in [0.29, 0.717) is 18.0 Å². The third-order valence-electron chi connectivity index (χ3n) is 7.89. The zero-order valence-electron chi connectivity index (χ0n) is 20.7. The van der Waals surface area contributed by atoms with E-state index < -0.39 is 29.3 Å². The quantitative estimate of drug-likeness (QED) is 0.306. The van der Waals surface area contributed by atoms with Gasteiger partial charge in [-0.3, -0.25) is 14.5 Å². The van der Waals surface area contributed by atoms with Gasteiger partial charge in [0.1, 0.15) is 5.82 Å². The summed E-state index contributed by atoms with van der Waals surface area (Å²) in [5, 5.41) is 2.62. The van der Waals surface area contributed by atoms with E-state index in [1.54, 1.807) is 7.11 Å². The number of alkyl halides is 3. The van der Waals surface area contributed by atoms with Crippen molar-refractivity contribution in [3.63, 3.8) is 0 Å².